The molecule has 1 heterocycles. The number of halogens is 2. The van der Waals surface area contributed by atoms with Crippen molar-refractivity contribution in [2.75, 3.05) is 20.2 Å². The van der Waals surface area contributed by atoms with E-state index in [1.165, 1.54) is 12.1 Å². The van der Waals surface area contributed by atoms with Crippen LogP contribution in [0.1, 0.15) is 16.1 Å². The van der Waals surface area contributed by atoms with Crippen LogP contribution in [0.25, 0.3) is 10.9 Å². The van der Waals surface area contributed by atoms with Gasteiger partial charge in [-0.15, -0.1) is 0 Å². The van der Waals surface area contributed by atoms with E-state index in [1.807, 2.05) is 19.1 Å². The third kappa shape index (κ3) is 4.11. The van der Waals surface area contributed by atoms with Crippen LogP contribution in [0.3, 0.4) is 0 Å². The molecule has 1 amide bonds. The quantitative estimate of drug-likeness (QED) is 0.662. The fraction of sp³-hybridized carbons (Fsp3) is 0.200. The van der Waals surface area contributed by atoms with Crippen LogP contribution < -0.4 is 4.74 Å². The van der Waals surface area contributed by atoms with Crippen LogP contribution in [0.4, 0.5) is 4.39 Å². The Hall–Kier alpha value is -2.66. The highest BCUT2D eigenvalue weighted by Gasteiger charge is 2.16. The van der Waals surface area contributed by atoms with Gasteiger partial charge in [-0.3, -0.25) is 9.78 Å². The Bertz CT molecular complexity index is 944. The molecule has 0 bridgehead atoms. The van der Waals surface area contributed by atoms with Gasteiger partial charge in [-0.25, -0.2) is 4.39 Å². The minimum absolute atomic E-state index is 0.139. The number of aromatic nitrogens is 1. The molecule has 0 unspecified atom stereocenters. The summed E-state index contributed by atoms with van der Waals surface area (Å²) in [5, 5.41) is 1.42. The molecular formula is C20H18ClFN2O2. The van der Waals surface area contributed by atoms with Gasteiger partial charge in [0.15, 0.2) is 0 Å². The van der Waals surface area contributed by atoms with Crippen LogP contribution in [-0.4, -0.2) is 36.0 Å². The molecule has 0 saturated heterocycles. The monoisotopic (exact) mass is 372 g/mol. The van der Waals surface area contributed by atoms with E-state index in [0.717, 1.165) is 10.9 Å². The first kappa shape index (κ1) is 18.1. The zero-order valence-corrected chi connectivity index (χ0v) is 15.3. The van der Waals surface area contributed by atoms with Crippen LogP contribution >= 0.6 is 11.6 Å². The first-order valence-electron chi connectivity index (χ1n) is 8.15. The maximum Gasteiger partial charge on any atom is 0.255 e. The van der Waals surface area contributed by atoms with Gasteiger partial charge in [-0.1, -0.05) is 11.6 Å². The van der Waals surface area contributed by atoms with Gasteiger partial charge in [0.25, 0.3) is 5.91 Å². The highest BCUT2D eigenvalue weighted by Crippen LogP contribution is 2.21. The summed E-state index contributed by atoms with van der Waals surface area (Å²) in [6.45, 7) is 2.51. The van der Waals surface area contributed by atoms with Gasteiger partial charge < -0.3 is 9.64 Å². The number of carbonyl (C=O) groups is 1. The summed E-state index contributed by atoms with van der Waals surface area (Å²) >= 11 is 6.03. The first-order chi connectivity index (χ1) is 12.4. The van der Waals surface area contributed by atoms with E-state index in [0.29, 0.717) is 35.2 Å². The second kappa shape index (κ2) is 7.70. The Labute approximate surface area is 156 Å². The van der Waals surface area contributed by atoms with Crippen molar-refractivity contribution in [1.29, 1.82) is 0 Å². The molecule has 0 saturated carbocycles. The molecule has 0 aliphatic heterocycles. The van der Waals surface area contributed by atoms with Crippen LogP contribution in [0.2, 0.25) is 5.02 Å². The van der Waals surface area contributed by atoms with Crippen LogP contribution in [0, 0.1) is 12.7 Å². The maximum atomic E-state index is 12.9. The van der Waals surface area contributed by atoms with E-state index < -0.39 is 0 Å². The van der Waals surface area contributed by atoms with Gasteiger partial charge >= 0.3 is 0 Å². The van der Waals surface area contributed by atoms with Crippen molar-refractivity contribution in [3.63, 3.8) is 0 Å². The number of hydrogen-bond acceptors (Lipinski definition) is 3. The Morgan fingerprint density at radius 3 is 2.65 bits per heavy atom. The van der Waals surface area contributed by atoms with E-state index in [-0.39, 0.29) is 11.7 Å². The molecule has 134 valence electrons. The van der Waals surface area contributed by atoms with Crippen molar-refractivity contribution >= 4 is 28.4 Å². The summed E-state index contributed by atoms with van der Waals surface area (Å²) in [5.41, 5.74) is 1.99. The average Bonchev–Trinajstić information content (AvgIpc) is 2.62. The summed E-state index contributed by atoms with van der Waals surface area (Å²) in [6.07, 6.45) is 0. The summed E-state index contributed by atoms with van der Waals surface area (Å²) in [4.78, 5) is 18.8. The lowest BCUT2D eigenvalue weighted by molar-refractivity contribution is 0.0773. The third-order valence-electron chi connectivity index (χ3n) is 4.05. The molecule has 6 heteroatoms. The fourth-order valence-corrected chi connectivity index (χ4v) is 2.78. The molecule has 0 aliphatic rings. The number of amides is 1. The Kier molecular flexibility index (Phi) is 5.38. The number of rotatable bonds is 5. The zero-order valence-electron chi connectivity index (χ0n) is 14.5. The van der Waals surface area contributed by atoms with Crippen molar-refractivity contribution in [3.8, 4) is 5.75 Å². The van der Waals surface area contributed by atoms with Crippen LogP contribution in [-0.2, 0) is 0 Å². The Morgan fingerprint density at radius 2 is 1.92 bits per heavy atom. The number of likely N-dealkylation sites (N-methyl/N-ethyl adjacent to an activating group) is 1. The molecule has 3 aromatic rings. The second-order valence-corrected chi connectivity index (χ2v) is 6.42. The van der Waals surface area contributed by atoms with Crippen molar-refractivity contribution < 1.29 is 13.9 Å². The topological polar surface area (TPSA) is 42.4 Å². The van der Waals surface area contributed by atoms with Gasteiger partial charge in [-0.2, -0.15) is 0 Å². The SMILES string of the molecule is Cc1nc2ccc(Cl)cc2cc1C(=O)N(C)CCOc1ccc(F)cc1. The average molecular weight is 373 g/mol. The second-order valence-electron chi connectivity index (χ2n) is 5.99. The highest BCUT2D eigenvalue weighted by atomic mass is 35.5. The molecule has 0 radical (unpaired) electrons. The minimum Gasteiger partial charge on any atom is -0.492 e. The van der Waals surface area contributed by atoms with Gasteiger partial charge in [0, 0.05) is 17.5 Å². The van der Waals surface area contributed by atoms with Gasteiger partial charge in [0.1, 0.15) is 18.2 Å². The van der Waals surface area contributed by atoms with E-state index in [2.05, 4.69) is 4.98 Å². The molecule has 1 aromatic heterocycles. The lowest BCUT2D eigenvalue weighted by Gasteiger charge is -2.19. The standard InChI is InChI=1S/C20H18ClFN2O2/c1-13-18(12-14-11-15(21)3-8-19(14)23-13)20(25)24(2)9-10-26-17-6-4-16(22)5-7-17/h3-8,11-12H,9-10H2,1-2H3. The minimum atomic E-state index is -0.316. The van der Waals surface area contributed by atoms with Crippen LogP contribution in [0.15, 0.2) is 48.5 Å². The third-order valence-corrected chi connectivity index (χ3v) is 4.29. The predicted molar refractivity (Wildman–Crippen MR) is 100 cm³/mol. The molecule has 0 aliphatic carbocycles. The summed E-state index contributed by atoms with van der Waals surface area (Å²) in [7, 11) is 1.71. The molecule has 0 spiro atoms. The summed E-state index contributed by atoms with van der Waals surface area (Å²) < 4.78 is 18.4. The van der Waals surface area contributed by atoms with Gasteiger partial charge in [0.05, 0.1) is 23.3 Å². The van der Waals surface area contributed by atoms with Gasteiger partial charge in [-0.05, 0) is 55.5 Å². The van der Waals surface area contributed by atoms with E-state index >= 15 is 0 Å². The molecular weight excluding hydrogens is 355 g/mol. The van der Waals surface area contributed by atoms with Crippen LogP contribution in [0.5, 0.6) is 5.75 Å². The first-order valence-corrected chi connectivity index (χ1v) is 8.52. The van der Waals surface area contributed by atoms with E-state index in [9.17, 15) is 9.18 Å². The summed E-state index contributed by atoms with van der Waals surface area (Å²) in [6, 6.07) is 13.0. The number of ether oxygens (including phenoxy) is 1. The van der Waals surface area contributed by atoms with E-state index in [4.69, 9.17) is 16.3 Å². The van der Waals surface area contributed by atoms with Crippen molar-refractivity contribution in [1.82, 2.24) is 9.88 Å². The van der Waals surface area contributed by atoms with E-state index in [1.54, 1.807) is 36.2 Å². The Balaban J connectivity index is 1.68. The van der Waals surface area contributed by atoms with Crippen molar-refractivity contribution in [3.05, 3.63) is 70.6 Å². The number of benzene rings is 2. The maximum absolute atomic E-state index is 12.9. The van der Waals surface area contributed by atoms with Crippen molar-refractivity contribution in [2.24, 2.45) is 0 Å². The molecule has 0 fully saturated rings. The van der Waals surface area contributed by atoms with Crippen molar-refractivity contribution in [2.45, 2.75) is 6.92 Å². The summed E-state index contributed by atoms with van der Waals surface area (Å²) in [5.74, 6) is 0.106. The molecule has 26 heavy (non-hydrogen) atoms. The van der Waals surface area contributed by atoms with Gasteiger partial charge in [0.2, 0.25) is 0 Å². The number of fused-ring (bicyclic) bond motifs is 1. The number of pyridine rings is 1. The number of aryl methyl sites for hydroxylation is 1. The number of hydrogen-bond donors (Lipinski definition) is 0. The molecule has 2 aromatic carbocycles. The molecule has 4 nitrogen and oxygen atoms in total. The Morgan fingerprint density at radius 1 is 1.19 bits per heavy atom. The lowest BCUT2D eigenvalue weighted by atomic mass is 10.1. The molecule has 0 atom stereocenters. The largest absolute Gasteiger partial charge is 0.492 e. The zero-order chi connectivity index (χ0) is 18.7. The molecule has 3 rings (SSSR count). The fourth-order valence-electron chi connectivity index (χ4n) is 2.60. The molecule has 0 N–H and O–H groups in total. The number of nitrogens with zero attached hydrogens (tertiary/aromatic N) is 2. The smallest absolute Gasteiger partial charge is 0.255 e. The lowest BCUT2D eigenvalue weighted by Crippen LogP contribution is -2.31. The highest BCUT2D eigenvalue weighted by molar-refractivity contribution is 6.31. The number of carbonyl (C=O) groups excluding carboxylic acids is 1. The normalized spacial score (nSPS) is 10.8. The predicted octanol–water partition coefficient (Wildman–Crippen LogP) is 4.49.